The minimum absolute atomic E-state index is 0.0384. The molecule has 1 aromatic carbocycles. The van der Waals surface area contributed by atoms with E-state index in [0.29, 0.717) is 22.8 Å². The first-order chi connectivity index (χ1) is 8.88. The van der Waals surface area contributed by atoms with Crippen LogP contribution in [0.1, 0.15) is 19.4 Å². The summed E-state index contributed by atoms with van der Waals surface area (Å²) in [6.07, 6.45) is 0.297. The maximum absolute atomic E-state index is 11.9. The van der Waals surface area contributed by atoms with E-state index in [1.165, 1.54) is 0 Å². The third kappa shape index (κ3) is 2.88. The number of fused-ring (bicyclic) bond motifs is 1. The first kappa shape index (κ1) is 13.8. The molecule has 0 spiro atoms. The van der Waals surface area contributed by atoms with Gasteiger partial charge in [-0.15, -0.1) is 0 Å². The Morgan fingerprint density at radius 2 is 2.16 bits per heavy atom. The molecule has 4 N–H and O–H groups in total. The van der Waals surface area contributed by atoms with Crippen LogP contribution in [0.3, 0.4) is 0 Å². The number of hydrogen-bond donors (Lipinski definition) is 3. The molecule has 102 valence electrons. The molecule has 1 aliphatic heterocycles. The Bertz CT molecular complexity index is 543. The van der Waals surface area contributed by atoms with Gasteiger partial charge in [0.25, 0.3) is 0 Å². The average Bonchev–Trinajstić information content (AvgIpc) is 2.67. The highest BCUT2D eigenvalue weighted by Crippen LogP contribution is 2.32. The van der Waals surface area contributed by atoms with Gasteiger partial charge in [-0.1, -0.05) is 25.4 Å². The highest BCUT2D eigenvalue weighted by Gasteiger charge is 2.22. The van der Waals surface area contributed by atoms with Gasteiger partial charge in [0, 0.05) is 5.69 Å². The number of hydrogen-bond acceptors (Lipinski definition) is 3. The van der Waals surface area contributed by atoms with Gasteiger partial charge in [-0.2, -0.15) is 0 Å². The van der Waals surface area contributed by atoms with Crippen LogP contribution < -0.4 is 16.4 Å². The number of carbonyl (C=O) groups excluding carboxylic acids is 2. The predicted molar refractivity (Wildman–Crippen MR) is 75.2 cm³/mol. The molecule has 0 radical (unpaired) electrons. The fraction of sp³-hybridized carbons (Fsp3) is 0.385. The molecule has 2 rings (SSSR count). The van der Waals surface area contributed by atoms with Gasteiger partial charge < -0.3 is 16.4 Å². The molecular formula is C13H16ClN3O2. The molecule has 0 bridgehead atoms. The highest BCUT2D eigenvalue weighted by molar-refractivity contribution is 6.34. The second kappa shape index (κ2) is 5.19. The monoisotopic (exact) mass is 281 g/mol. The molecule has 5 nitrogen and oxygen atoms in total. The van der Waals surface area contributed by atoms with Crippen LogP contribution in [0.5, 0.6) is 0 Å². The van der Waals surface area contributed by atoms with Gasteiger partial charge >= 0.3 is 0 Å². The third-order valence-electron chi connectivity index (χ3n) is 3.10. The van der Waals surface area contributed by atoms with Gasteiger partial charge in [0.15, 0.2) is 0 Å². The number of anilines is 2. The van der Waals surface area contributed by atoms with E-state index in [1.807, 2.05) is 13.8 Å². The van der Waals surface area contributed by atoms with Crippen molar-refractivity contribution in [3.63, 3.8) is 0 Å². The molecule has 0 aromatic heterocycles. The van der Waals surface area contributed by atoms with Crippen LogP contribution >= 0.6 is 11.6 Å². The maximum atomic E-state index is 11.9. The summed E-state index contributed by atoms with van der Waals surface area (Å²) in [5, 5.41) is 5.78. The minimum atomic E-state index is -0.593. The van der Waals surface area contributed by atoms with Gasteiger partial charge in [-0.3, -0.25) is 9.59 Å². The topological polar surface area (TPSA) is 84.2 Å². The van der Waals surface area contributed by atoms with E-state index in [-0.39, 0.29) is 17.7 Å². The lowest BCUT2D eigenvalue weighted by atomic mass is 10.0. The number of rotatable bonds is 3. The Morgan fingerprint density at radius 1 is 1.47 bits per heavy atom. The van der Waals surface area contributed by atoms with Crippen molar-refractivity contribution in [1.82, 2.24) is 0 Å². The Labute approximate surface area is 116 Å². The largest absolute Gasteiger partial charge is 0.325 e. The Kier molecular flexibility index (Phi) is 3.78. The summed E-state index contributed by atoms with van der Waals surface area (Å²) in [7, 11) is 0. The van der Waals surface area contributed by atoms with Crippen LogP contribution in [-0.2, 0) is 16.0 Å². The fourth-order valence-corrected chi connectivity index (χ4v) is 2.07. The van der Waals surface area contributed by atoms with Crippen LogP contribution in [0.2, 0.25) is 5.02 Å². The van der Waals surface area contributed by atoms with Gasteiger partial charge in [0.05, 0.1) is 23.2 Å². The van der Waals surface area contributed by atoms with E-state index in [9.17, 15) is 9.59 Å². The molecule has 1 heterocycles. The number of benzene rings is 1. The zero-order valence-corrected chi connectivity index (χ0v) is 11.5. The quantitative estimate of drug-likeness (QED) is 0.789. The lowest BCUT2D eigenvalue weighted by Gasteiger charge is -2.16. The molecule has 19 heavy (non-hydrogen) atoms. The van der Waals surface area contributed by atoms with Crippen molar-refractivity contribution in [3.8, 4) is 0 Å². The van der Waals surface area contributed by atoms with Crippen molar-refractivity contribution in [2.45, 2.75) is 26.3 Å². The number of amides is 2. The van der Waals surface area contributed by atoms with Crippen molar-refractivity contribution < 1.29 is 9.59 Å². The molecule has 1 aromatic rings. The maximum Gasteiger partial charge on any atom is 0.241 e. The van der Waals surface area contributed by atoms with E-state index < -0.39 is 6.04 Å². The Morgan fingerprint density at radius 3 is 2.79 bits per heavy atom. The number of carbonyl (C=O) groups is 2. The lowest BCUT2D eigenvalue weighted by molar-refractivity contribution is -0.118. The zero-order chi connectivity index (χ0) is 14.2. The second-order valence-electron chi connectivity index (χ2n) is 4.97. The number of nitrogens with one attached hydrogen (secondary N) is 2. The average molecular weight is 282 g/mol. The van der Waals surface area contributed by atoms with Crippen molar-refractivity contribution >= 4 is 34.8 Å². The molecule has 1 unspecified atom stereocenters. The van der Waals surface area contributed by atoms with Crippen LogP contribution in [-0.4, -0.2) is 17.9 Å². The Hall–Kier alpha value is -1.59. The van der Waals surface area contributed by atoms with Crippen LogP contribution in [0.4, 0.5) is 11.4 Å². The highest BCUT2D eigenvalue weighted by atomic mass is 35.5. The summed E-state index contributed by atoms with van der Waals surface area (Å²) in [4.78, 5) is 23.2. The van der Waals surface area contributed by atoms with E-state index in [0.717, 1.165) is 5.56 Å². The summed E-state index contributed by atoms with van der Waals surface area (Å²) < 4.78 is 0. The molecule has 0 aliphatic carbocycles. The standard InChI is InChI=1S/C13H16ClN3O2/c1-6(2)12(15)13(19)17-10-3-7-4-11(18)16-9(7)5-8(10)14/h3,5-6,12H,4,15H2,1-2H3,(H,16,18)(H,17,19). The molecule has 0 fully saturated rings. The van der Waals surface area contributed by atoms with Gasteiger partial charge in [0.1, 0.15) is 0 Å². The van der Waals surface area contributed by atoms with Crippen LogP contribution in [0.25, 0.3) is 0 Å². The number of nitrogens with two attached hydrogens (primary N) is 1. The normalized spacial score (nSPS) is 15.1. The summed E-state index contributed by atoms with van der Waals surface area (Å²) in [5.41, 5.74) is 7.77. The first-order valence-corrected chi connectivity index (χ1v) is 6.45. The third-order valence-corrected chi connectivity index (χ3v) is 3.41. The van der Waals surface area contributed by atoms with Crippen LogP contribution in [0.15, 0.2) is 12.1 Å². The predicted octanol–water partition coefficient (Wildman–Crippen LogP) is 1.76. The van der Waals surface area contributed by atoms with Gasteiger partial charge in [-0.05, 0) is 23.6 Å². The summed E-state index contributed by atoms with van der Waals surface area (Å²) in [6.45, 7) is 3.74. The van der Waals surface area contributed by atoms with Gasteiger partial charge in [-0.25, -0.2) is 0 Å². The molecule has 1 atom stereocenters. The number of halogens is 1. The van der Waals surface area contributed by atoms with E-state index in [1.54, 1.807) is 12.1 Å². The molecule has 1 aliphatic rings. The van der Waals surface area contributed by atoms with Gasteiger partial charge in [0.2, 0.25) is 11.8 Å². The minimum Gasteiger partial charge on any atom is -0.325 e. The lowest BCUT2D eigenvalue weighted by Crippen LogP contribution is -2.39. The SMILES string of the molecule is CC(C)C(N)C(=O)Nc1cc2c(cc1Cl)NC(=O)C2. The fourth-order valence-electron chi connectivity index (χ4n) is 1.86. The second-order valence-corrected chi connectivity index (χ2v) is 5.38. The van der Waals surface area contributed by atoms with Crippen LogP contribution in [0, 0.1) is 5.92 Å². The summed E-state index contributed by atoms with van der Waals surface area (Å²) >= 11 is 6.08. The van der Waals surface area contributed by atoms with E-state index >= 15 is 0 Å². The smallest absolute Gasteiger partial charge is 0.241 e. The zero-order valence-electron chi connectivity index (χ0n) is 10.8. The van der Waals surface area contributed by atoms with Crippen molar-refractivity contribution in [2.24, 2.45) is 11.7 Å². The summed E-state index contributed by atoms with van der Waals surface area (Å²) in [5.74, 6) is -0.320. The molecule has 0 saturated heterocycles. The molecule has 2 amide bonds. The molecule has 6 heteroatoms. The van der Waals surface area contributed by atoms with Crippen molar-refractivity contribution in [2.75, 3.05) is 10.6 Å². The molecular weight excluding hydrogens is 266 g/mol. The first-order valence-electron chi connectivity index (χ1n) is 6.07. The van der Waals surface area contributed by atoms with E-state index in [4.69, 9.17) is 17.3 Å². The van der Waals surface area contributed by atoms with Crippen molar-refractivity contribution in [3.05, 3.63) is 22.7 Å². The molecule has 0 saturated carbocycles. The Balaban J connectivity index is 2.20. The van der Waals surface area contributed by atoms with E-state index in [2.05, 4.69) is 10.6 Å². The van der Waals surface area contributed by atoms with Crippen molar-refractivity contribution in [1.29, 1.82) is 0 Å². The summed E-state index contributed by atoms with van der Waals surface area (Å²) in [6, 6.07) is 2.75.